The van der Waals surface area contributed by atoms with Crippen molar-refractivity contribution in [2.75, 3.05) is 0 Å². The predicted molar refractivity (Wildman–Crippen MR) is 60.6 cm³/mol. The van der Waals surface area contributed by atoms with Crippen LogP contribution in [0.5, 0.6) is 0 Å². The number of hydrogen-bond acceptors (Lipinski definition) is 3. The van der Waals surface area contributed by atoms with Crippen LogP contribution in [0.3, 0.4) is 0 Å². The topological polar surface area (TPSA) is 89.4 Å². The Hall–Kier alpha value is -0.760. The van der Waals surface area contributed by atoms with Crippen LogP contribution in [0, 0.1) is 0 Å². The molecule has 0 bridgehead atoms. The van der Waals surface area contributed by atoms with Crippen molar-refractivity contribution in [2.45, 2.75) is 55.4 Å². The molecule has 0 aliphatic rings. The minimum atomic E-state index is -6.81. The Morgan fingerprint density at radius 2 is 1.13 bits per heavy atom. The molecule has 0 saturated heterocycles. The zero-order valence-corrected chi connectivity index (χ0v) is 12.1. The molecule has 142 valence electrons. The molecule has 23 heavy (non-hydrogen) atoms. The summed E-state index contributed by atoms with van der Waals surface area (Å²) in [5.74, 6) is -12.0. The van der Waals surface area contributed by atoms with Crippen molar-refractivity contribution in [1.29, 1.82) is 0 Å². The van der Waals surface area contributed by atoms with Crippen molar-refractivity contribution in [3.8, 4) is 0 Å². The third-order valence-electron chi connectivity index (χ3n) is 2.60. The van der Waals surface area contributed by atoms with E-state index in [1.54, 1.807) is 0 Å². The van der Waals surface area contributed by atoms with Crippen LogP contribution in [-0.2, 0) is 10.1 Å². The molecule has 0 rings (SSSR count). The van der Waals surface area contributed by atoms with Gasteiger partial charge < -0.3 is 6.15 Å². The Bertz CT molecular complexity index is 475. The zero-order chi connectivity index (χ0) is 18.0. The van der Waals surface area contributed by atoms with Gasteiger partial charge in [0.15, 0.2) is 0 Å². The lowest BCUT2D eigenvalue weighted by atomic mass is 10.0. The third kappa shape index (κ3) is 5.99. The van der Waals surface area contributed by atoms with Crippen LogP contribution >= 0.6 is 0 Å². The first kappa shape index (κ1) is 24.5. The van der Waals surface area contributed by atoms with Crippen molar-refractivity contribution >= 4 is 10.1 Å². The van der Waals surface area contributed by atoms with E-state index < -0.39 is 65.5 Å². The van der Waals surface area contributed by atoms with E-state index in [0.29, 0.717) is 0 Å². The van der Waals surface area contributed by atoms with Gasteiger partial charge in [0.25, 0.3) is 0 Å². The standard InChI is InChI=1S/C9H11F9O3S.H3N/c10-6(11,4-2-1-3-5-7(12,13)14)8(15,16)9(17,18)22(19,20)21;/h1-5H2,(H,19,20,21);1H3. The van der Waals surface area contributed by atoms with E-state index >= 15 is 0 Å². The van der Waals surface area contributed by atoms with E-state index in [9.17, 15) is 47.9 Å². The van der Waals surface area contributed by atoms with Gasteiger partial charge in [-0.15, -0.1) is 0 Å². The molecular formula is C9H14F9NO3S. The van der Waals surface area contributed by atoms with Gasteiger partial charge in [-0.1, -0.05) is 6.42 Å². The van der Waals surface area contributed by atoms with Crippen LogP contribution in [-0.4, -0.2) is 36.2 Å². The molecular weight excluding hydrogens is 373 g/mol. The SMILES string of the molecule is N.O=S(=O)(O)C(F)(F)C(F)(F)C(F)(F)CCCCCC(F)(F)F. The van der Waals surface area contributed by atoms with Crippen LogP contribution in [0.4, 0.5) is 39.5 Å². The minimum Gasteiger partial charge on any atom is -0.344 e. The van der Waals surface area contributed by atoms with E-state index in [4.69, 9.17) is 4.55 Å². The second kappa shape index (κ2) is 7.42. The van der Waals surface area contributed by atoms with Gasteiger partial charge in [-0.25, -0.2) is 0 Å². The summed E-state index contributed by atoms with van der Waals surface area (Å²) in [5.41, 5.74) is 0. The second-order valence-corrected chi connectivity index (χ2v) is 5.91. The molecule has 0 aliphatic carbocycles. The highest BCUT2D eigenvalue weighted by Crippen LogP contribution is 2.50. The fourth-order valence-corrected chi connectivity index (χ4v) is 1.85. The van der Waals surface area contributed by atoms with Gasteiger partial charge in [-0.3, -0.25) is 4.55 Å². The first-order valence-electron chi connectivity index (χ1n) is 5.63. The van der Waals surface area contributed by atoms with Crippen LogP contribution in [0.15, 0.2) is 0 Å². The number of hydrogen-bond donors (Lipinski definition) is 2. The molecule has 0 spiro atoms. The van der Waals surface area contributed by atoms with Crippen molar-refractivity contribution in [3.63, 3.8) is 0 Å². The fourth-order valence-electron chi connectivity index (χ4n) is 1.38. The molecule has 0 heterocycles. The summed E-state index contributed by atoms with van der Waals surface area (Å²) in [6, 6.07) is 0. The van der Waals surface area contributed by atoms with Gasteiger partial charge in [-0.05, 0) is 12.8 Å². The normalized spacial score (nSPS) is 14.5. The summed E-state index contributed by atoms with van der Waals surface area (Å²) in [7, 11) is -6.81. The average Bonchev–Trinajstić information content (AvgIpc) is 2.24. The van der Waals surface area contributed by atoms with Crippen molar-refractivity contribution < 1.29 is 52.5 Å². The summed E-state index contributed by atoms with van der Waals surface area (Å²) in [6.45, 7) is 0. The Kier molecular flexibility index (Phi) is 7.90. The minimum absolute atomic E-state index is 0. The zero-order valence-electron chi connectivity index (χ0n) is 11.3. The van der Waals surface area contributed by atoms with Crippen LogP contribution in [0.25, 0.3) is 0 Å². The molecule has 0 aromatic heterocycles. The van der Waals surface area contributed by atoms with Crippen molar-refractivity contribution in [1.82, 2.24) is 6.15 Å². The average molecular weight is 387 g/mol. The van der Waals surface area contributed by atoms with Gasteiger partial charge in [-0.2, -0.15) is 47.9 Å². The van der Waals surface area contributed by atoms with Crippen molar-refractivity contribution in [2.24, 2.45) is 0 Å². The fraction of sp³-hybridized carbons (Fsp3) is 1.00. The molecule has 0 fully saturated rings. The lowest BCUT2D eigenvalue weighted by Gasteiger charge is -2.30. The molecule has 14 heteroatoms. The first-order valence-corrected chi connectivity index (χ1v) is 7.07. The maximum absolute atomic E-state index is 13.1. The molecule has 4 nitrogen and oxygen atoms in total. The maximum atomic E-state index is 13.1. The maximum Gasteiger partial charge on any atom is 0.437 e. The van der Waals surface area contributed by atoms with Crippen molar-refractivity contribution in [3.05, 3.63) is 0 Å². The third-order valence-corrected chi connectivity index (χ3v) is 3.50. The largest absolute Gasteiger partial charge is 0.437 e. The van der Waals surface area contributed by atoms with E-state index in [-0.39, 0.29) is 6.15 Å². The summed E-state index contributed by atoms with van der Waals surface area (Å²) >= 11 is 0. The molecule has 0 saturated carbocycles. The Labute approximate surface area is 125 Å². The smallest absolute Gasteiger partial charge is 0.344 e. The van der Waals surface area contributed by atoms with E-state index in [2.05, 4.69) is 0 Å². The van der Waals surface area contributed by atoms with Gasteiger partial charge in [0, 0.05) is 12.8 Å². The summed E-state index contributed by atoms with van der Waals surface area (Å²) in [6.07, 6.45) is -10.2. The van der Waals surface area contributed by atoms with Crippen LogP contribution in [0.1, 0.15) is 32.1 Å². The van der Waals surface area contributed by atoms with Gasteiger partial charge >= 0.3 is 33.4 Å². The van der Waals surface area contributed by atoms with Gasteiger partial charge in [0.2, 0.25) is 0 Å². The molecule has 0 amide bonds. The molecule has 0 aromatic rings. The molecule has 0 aliphatic heterocycles. The number of rotatable bonds is 8. The molecule has 0 radical (unpaired) electrons. The Morgan fingerprint density at radius 1 is 0.739 bits per heavy atom. The van der Waals surface area contributed by atoms with Crippen LogP contribution in [0.2, 0.25) is 0 Å². The quantitative estimate of drug-likeness (QED) is 0.367. The molecule has 0 unspecified atom stereocenters. The highest BCUT2D eigenvalue weighted by molar-refractivity contribution is 7.87. The Morgan fingerprint density at radius 3 is 1.48 bits per heavy atom. The van der Waals surface area contributed by atoms with E-state index in [1.807, 2.05) is 0 Å². The van der Waals surface area contributed by atoms with Gasteiger partial charge in [0.05, 0.1) is 0 Å². The Balaban J connectivity index is 0. The van der Waals surface area contributed by atoms with E-state index in [1.165, 1.54) is 0 Å². The number of halogens is 9. The van der Waals surface area contributed by atoms with Gasteiger partial charge in [0.1, 0.15) is 0 Å². The highest BCUT2D eigenvalue weighted by Gasteiger charge is 2.76. The summed E-state index contributed by atoms with van der Waals surface area (Å²) in [4.78, 5) is 0. The highest BCUT2D eigenvalue weighted by atomic mass is 32.2. The van der Waals surface area contributed by atoms with E-state index in [0.717, 1.165) is 0 Å². The second-order valence-electron chi connectivity index (χ2n) is 4.45. The predicted octanol–water partition coefficient (Wildman–Crippen LogP) is 4.41. The number of unbranched alkanes of at least 4 members (excludes halogenated alkanes) is 2. The molecule has 4 N–H and O–H groups in total. The summed E-state index contributed by atoms with van der Waals surface area (Å²) in [5, 5.41) is -6.44. The van der Waals surface area contributed by atoms with Crippen LogP contribution < -0.4 is 6.15 Å². The number of alkyl halides is 9. The lowest BCUT2D eigenvalue weighted by molar-refractivity contribution is -0.283. The molecule has 0 atom stereocenters. The molecule has 0 aromatic carbocycles. The summed E-state index contributed by atoms with van der Waals surface area (Å²) < 4.78 is 141. The monoisotopic (exact) mass is 387 g/mol. The lowest BCUT2D eigenvalue weighted by Crippen LogP contribution is -2.57. The first-order chi connectivity index (χ1) is 9.46.